The van der Waals surface area contributed by atoms with E-state index in [0.717, 1.165) is 17.3 Å². The number of carbonyl (C=O) groups excluding carboxylic acids is 1. The second kappa shape index (κ2) is 6.45. The summed E-state index contributed by atoms with van der Waals surface area (Å²) in [6.07, 6.45) is 1.44. The highest BCUT2D eigenvalue weighted by molar-refractivity contribution is 7.88. The molecule has 0 unspecified atom stereocenters. The third-order valence-corrected chi connectivity index (χ3v) is 3.72. The Kier molecular flexibility index (Phi) is 4.82. The molecule has 0 aliphatic heterocycles. The van der Waals surface area contributed by atoms with E-state index in [2.05, 4.69) is 20.0 Å². The number of imidazole rings is 1. The summed E-state index contributed by atoms with van der Waals surface area (Å²) in [5.74, 6) is 0.0362. The van der Waals surface area contributed by atoms with Crippen LogP contribution in [0.2, 0.25) is 0 Å². The number of aromatic amines is 1. The lowest BCUT2D eigenvalue weighted by atomic mass is 10.0. The Morgan fingerprint density at radius 2 is 2.00 bits per heavy atom. The highest BCUT2D eigenvalue weighted by Gasteiger charge is 2.24. The van der Waals surface area contributed by atoms with Gasteiger partial charge in [-0.15, -0.1) is 0 Å². The molecule has 1 aromatic carbocycles. The minimum Gasteiger partial charge on any atom is -0.324 e. The lowest BCUT2D eigenvalue weighted by molar-refractivity contribution is -0.118. The maximum Gasteiger partial charge on any atom is 0.244 e. The van der Waals surface area contributed by atoms with Gasteiger partial charge in [-0.3, -0.25) is 10.1 Å². The standard InChI is InChI=1S/C14H20N4O3S/c1-9(2)8-12(18-22(3,20)21)13(19)17-14-15-10-6-4-5-7-11(10)16-14/h4-7,9,12,18H,8H2,1-3H3,(H2,15,16,17,19)/t12-/m0/s1. The van der Waals surface area contributed by atoms with Gasteiger partial charge in [0, 0.05) is 0 Å². The van der Waals surface area contributed by atoms with Crippen LogP contribution < -0.4 is 10.0 Å². The van der Waals surface area contributed by atoms with Crippen molar-refractivity contribution in [1.82, 2.24) is 14.7 Å². The number of benzene rings is 1. The van der Waals surface area contributed by atoms with Crippen molar-refractivity contribution in [3.63, 3.8) is 0 Å². The van der Waals surface area contributed by atoms with Crippen LogP contribution in [0.5, 0.6) is 0 Å². The smallest absolute Gasteiger partial charge is 0.244 e. The van der Waals surface area contributed by atoms with Crippen molar-refractivity contribution in [1.29, 1.82) is 0 Å². The molecule has 1 aromatic heterocycles. The van der Waals surface area contributed by atoms with E-state index >= 15 is 0 Å². The van der Waals surface area contributed by atoms with Crippen molar-refractivity contribution in [2.45, 2.75) is 26.3 Å². The van der Waals surface area contributed by atoms with Gasteiger partial charge < -0.3 is 4.98 Å². The largest absolute Gasteiger partial charge is 0.324 e. The van der Waals surface area contributed by atoms with Gasteiger partial charge >= 0.3 is 0 Å². The van der Waals surface area contributed by atoms with Crippen LogP contribution in [0.4, 0.5) is 5.95 Å². The number of nitrogens with one attached hydrogen (secondary N) is 3. The van der Waals surface area contributed by atoms with Gasteiger partial charge in [0.05, 0.1) is 17.3 Å². The lowest BCUT2D eigenvalue weighted by Gasteiger charge is -2.18. The van der Waals surface area contributed by atoms with Gasteiger partial charge in [0.2, 0.25) is 21.9 Å². The Morgan fingerprint density at radius 1 is 1.32 bits per heavy atom. The van der Waals surface area contributed by atoms with Crippen LogP contribution >= 0.6 is 0 Å². The predicted octanol–water partition coefficient (Wildman–Crippen LogP) is 1.47. The quantitative estimate of drug-likeness (QED) is 0.748. The molecule has 2 aromatic rings. The monoisotopic (exact) mass is 324 g/mol. The van der Waals surface area contributed by atoms with Crippen molar-refractivity contribution in [3.8, 4) is 0 Å². The van der Waals surface area contributed by atoms with Crippen LogP contribution in [0.3, 0.4) is 0 Å². The third-order valence-electron chi connectivity index (χ3n) is 3.01. The van der Waals surface area contributed by atoms with E-state index in [4.69, 9.17) is 0 Å². The molecule has 0 spiro atoms. The number of fused-ring (bicyclic) bond motifs is 1. The van der Waals surface area contributed by atoms with Crippen molar-refractivity contribution < 1.29 is 13.2 Å². The van der Waals surface area contributed by atoms with Crippen LogP contribution in [0, 0.1) is 5.92 Å². The molecule has 3 N–H and O–H groups in total. The maximum atomic E-state index is 12.3. The fraction of sp³-hybridized carbons (Fsp3) is 0.429. The van der Waals surface area contributed by atoms with Gasteiger partial charge in [-0.25, -0.2) is 18.1 Å². The average molecular weight is 324 g/mol. The zero-order chi connectivity index (χ0) is 16.3. The molecule has 0 aliphatic carbocycles. The minimum absolute atomic E-state index is 0.167. The predicted molar refractivity (Wildman–Crippen MR) is 85.9 cm³/mol. The van der Waals surface area contributed by atoms with Crippen molar-refractivity contribution in [2.75, 3.05) is 11.6 Å². The van der Waals surface area contributed by atoms with Gasteiger partial charge in [0.1, 0.15) is 6.04 Å². The molecule has 0 fully saturated rings. The number of nitrogens with zero attached hydrogens (tertiary/aromatic N) is 1. The Labute approximate surface area is 129 Å². The van der Waals surface area contributed by atoms with Gasteiger partial charge in [0.15, 0.2) is 0 Å². The summed E-state index contributed by atoms with van der Waals surface area (Å²) < 4.78 is 25.2. The van der Waals surface area contributed by atoms with Crippen molar-refractivity contribution >= 4 is 32.9 Å². The molecule has 0 saturated heterocycles. The van der Waals surface area contributed by atoms with Crippen LogP contribution in [-0.2, 0) is 14.8 Å². The highest BCUT2D eigenvalue weighted by atomic mass is 32.2. The number of carbonyl (C=O) groups is 1. The summed E-state index contributed by atoms with van der Waals surface area (Å²) in [6, 6.07) is 6.55. The fourth-order valence-electron chi connectivity index (χ4n) is 2.15. The van der Waals surface area contributed by atoms with Crippen molar-refractivity contribution in [3.05, 3.63) is 24.3 Å². The van der Waals surface area contributed by atoms with Crippen LogP contribution in [0.25, 0.3) is 11.0 Å². The van der Waals surface area contributed by atoms with Crippen molar-refractivity contribution in [2.24, 2.45) is 5.92 Å². The van der Waals surface area contributed by atoms with Gasteiger partial charge in [-0.1, -0.05) is 26.0 Å². The molecular formula is C14H20N4O3S. The zero-order valence-electron chi connectivity index (χ0n) is 12.8. The Hall–Kier alpha value is -1.93. The van der Waals surface area contributed by atoms with Crippen LogP contribution in [-0.4, -0.2) is 36.6 Å². The number of H-pyrrole nitrogens is 1. The van der Waals surface area contributed by atoms with E-state index in [9.17, 15) is 13.2 Å². The van der Waals surface area contributed by atoms with E-state index in [-0.39, 0.29) is 5.92 Å². The SMILES string of the molecule is CC(C)C[C@H](NS(C)(=O)=O)C(=O)Nc1nc2ccccc2[nH]1. The molecule has 7 nitrogen and oxygen atoms in total. The molecule has 1 heterocycles. The van der Waals surface area contributed by atoms with E-state index < -0.39 is 22.0 Å². The number of sulfonamides is 1. The topological polar surface area (TPSA) is 104 Å². The number of hydrogen-bond acceptors (Lipinski definition) is 4. The van der Waals surface area contributed by atoms with E-state index in [0.29, 0.717) is 12.4 Å². The first kappa shape index (κ1) is 16.4. The molecule has 1 amide bonds. The lowest BCUT2D eigenvalue weighted by Crippen LogP contribution is -2.44. The normalized spacial score (nSPS) is 13.5. The second-order valence-corrected chi connectivity index (χ2v) is 7.44. The number of anilines is 1. The van der Waals surface area contributed by atoms with Gasteiger partial charge in [-0.05, 0) is 24.5 Å². The molecule has 0 bridgehead atoms. The molecule has 1 atom stereocenters. The average Bonchev–Trinajstić information content (AvgIpc) is 2.77. The van der Waals surface area contributed by atoms with Gasteiger partial charge in [-0.2, -0.15) is 0 Å². The Bertz CT molecular complexity index is 734. The fourth-order valence-corrected chi connectivity index (χ4v) is 2.87. The Balaban J connectivity index is 2.15. The molecule has 2 rings (SSSR count). The zero-order valence-corrected chi connectivity index (χ0v) is 13.6. The second-order valence-electron chi connectivity index (χ2n) is 5.66. The first-order valence-corrected chi connectivity index (χ1v) is 8.86. The first-order valence-electron chi connectivity index (χ1n) is 6.97. The highest BCUT2D eigenvalue weighted by Crippen LogP contribution is 2.14. The Morgan fingerprint density at radius 3 is 2.59 bits per heavy atom. The molecule has 0 aliphatic rings. The molecule has 120 valence electrons. The van der Waals surface area contributed by atoms with Crippen LogP contribution in [0.1, 0.15) is 20.3 Å². The summed E-state index contributed by atoms with van der Waals surface area (Å²) in [5, 5.41) is 2.63. The van der Waals surface area contributed by atoms with Gasteiger partial charge in [0.25, 0.3) is 0 Å². The summed E-state index contributed by atoms with van der Waals surface area (Å²) in [4.78, 5) is 19.5. The van der Waals surface area contributed by atoms with E-state index in [1.807, 2.05) is 38.1 Å². The maximum absolute atomic E-state index is 12.3. The molecule has 0 saturated carbocycles. The summed E-state index contributed by atoms with van der Waals surface area (Å²) >= 11 is 0. The number of rotatable bonds is 6. The van der Waals surface area contributed by atoms with E-state index in [1.165, 1.54) is 0 Å². The number of aromatic nitrogens is 2. The summed E-state index contributed by atoms with van der Waals surface area (Å²) in [7, 11) is -3.47. The first-order chi connectivity index (χ1) is 10.2. The summed E-state index contributed by atoms with van der Waals surface area (Å²) in [6.45, 7) is 3.84. The number of amides is 1. The molecule has 8 heteroatoms. The third kappa shape index (κ3) is 4.54. The number of hydrogen-bond donors (Lipinski definition) is 3. The minimum atomic E-state index is -3.47. The molecule has 22 heavy (non-hydrogen) atoms. The summed E-state index contributed by atoms with van der Waals surface area (Å²) in [5.41, 5.74) is 1.53. The number of para-hydroxylation sites is 2. The van der Waals surface area contributed by atoms with Crippen LogP contribution in [0.15, 0.2) is 24.3 Å². The van der Waals surface area contributed by atoms with E-state index in [1.54, 1.807) is 0 Å². The molecular weight excluding hydrogens is 304 g/mol. The molecule has 0 radical (unpaired) electrons.